The summed E-state index contributed by atoms with van der Waals surface area (Å²) >= 11 is 0. The number of aromatic nitrogens is 1. The van der Waals surface area contributed by atoms with Gasteiger partial charge in [-0.3, -0.25) is 9.59 Å². The van der Waals surface area contributed by atoms with Crippen molar-refractivity contribution in [3.63, 3.8) is 0 Å². The number of halogens is 1. The molecule has 44 heavy (non-hydrogen) atoms. The van der Waals surface area contributed by atoms with E-state index in [9.17, 15) is 14.0 Å². The van der Waals surface area contributed by atoms with Gasteiger partial charge in [-0.15, -0.1) is 0 Å². The third kappa shape index (κ3) is 9.91. The predicted octanol–water partition coefficient (Wildman–Crippen LogP) is 7.12. The molecule has 0 aliphatic heterocycles. The standard InChI is InChI=1S/C37H44FN3O3/c1-3-5-11-30-15-19-33(20-16-30)37(43)40(24-10-25-44-4-2)29-36(42)41(27-31-12-7-6-8-13-31)28-35-14-9-23-39(35)26-32-17-21-34(38)22-18-32/h6-9,12-23H,3-5,10-11,24-29H2,1-2H3. The topological polar surface area (TPSA) is 54.8 Å². The highest BCUT2D eigenvalue weighted by atomic mass is 19.1. The van der Waals surface area contributed by atoms with Crippen LogP contribution in [-0.2, 0) is 35.6 Å². The first-order chi connectivity index (χ1) is 21.5. The van der Waals surface area contributed by atoms with Gasteiger partial charge < -0.3 is 19.1 Å². The van der Waals surface area contributed by atoms with Crippen LogP contribution in [0.15, 0.2) is 97.2 Å². The van der Waals surface area contributed by atoms with Crippen LogP contribution in [0.4, 0.5) is 4.39 Å². The maximum atomic E-state index is 14.0. The maximum Gasteiger partial charge on any atom is 0.254 e. The van der Waals surface area contributed by atoms with Crippen molar-refractivity contribution in [2.45, 2.75) is 59.2 Å². The molecule has 0 unspecified atom stereocenters. The Morgan fingerprint density at radius 3 is 2.20 bits per heavy atom. The van der Waals surface area contributed by atoms with E-state index in [1.807, 2.05) is 84.8 Å². The summed E-state index contributed by atoms with van der Waals surface area (Å²) in [5.41, 5.74) is 4.72. The van der Waals surface area contributed by atoms with E-state index in [-0.39, 0.29) is 24.2 Å². The molecule has 0 fully saturated rings. The molecule has 1 heterocycles. The highest BCUT2D eigenvalue weighted by molar-refractivity contribution is 5.96. The summed E-state index contributed by atoms with van der Waals surface area (Å²) in [6.45, 7) is 6.97. The Morgan fingerprint density at radius 2 is 1.50 bits per heavy atom. The lowest BCUT2D eigenvalue weighted by Gasteiger charge is -2.28. The Bertz CT molecular complexity index is 1440. The molecule has 0 radical (unpaired) electrons. The van der Waals surface area contributed by atoms with Crippen LogP contribution >= 0.6 is 0 Å². The second-order valence-corrected chi connectivity index (χ2v) is 11.1. The summed E-state index contributed by atoms with van der Waals surface area (Å²) < 4.78 is 21.1. The average Bonchev–Trinajstić information content (AvgIpc) is 3.48. The van der Waals surface area contributed by atoms with Gasteiger partial charge in [0.1, 0.15) is 12.4 Å². The predicted molar refractivity (Wildman–Crippen MR) is 173 cm³/mol. The number of carbonyl (C=O) groups excluding carboxylic acids is 2. The van der Waals surface area contributed by atoms with Crippen molar-refractivity contribution >= 4 is 11.8 Å². The van der Waals surface area contributed by atoms with E-state index < -0.39 is 0 Å². The van der Waals surface area contributed by atoms with Gasteiger partial charge in [0.05, 0.1) is 6.54 Å². The molecule has 4 rings (SSSR count). The molecule has 0 saturated heterocycles. The van der Waals surface area contributed by atoms with E-state index in [2.05, 4.69) is 11.5 Å². The molecule has 0 atom stereocenters. The molecule has 1 aromatic heterocycles. The van der Waals surface area contributed by atoms with Crippen LogP contribution in [0.25, 0.3) is 0 Å². The Balaban J connectivity index is 1.54. The van der Waals surface area contributed by atoms with Gasteiger partial charge in [0, 0.05) is 50.3 Å². The lowest BCUT2D eigenvalue weighted by Crippen LogP contribution is -2.43. The highest BCUT2D eigenvalue weighted by Gasteiger charge is 2.23. The molecular weight excluding hydrogens is 553 g/mol. The summed E-state index contributed by atoms with van der Waals surface area (Å²) in [5, 5.41) is 0. The highest BCUT2D eigenvalue weighted by Crippen LogP contribution is 2.16. The first kappa shape index (κ1) is 32.7. The third-order valence-electron chi connectivity index (χ3n) is 7.67. The number of amides is 2. The van der Waals surface area contributed by atoms with Gasteiger partial charge in [-0.2, -0.15) is 0 Å². The smallest absolute Gasteiger partial charge is 0.254 e. The van der Waals surface area contributed by atoms with Crippen molar-refractivity contribution in [1.29, 1.82) is 0 Å². The normalized spacial score (nSPS) is 11.0. The van der Waals surface area contributed by atoms with Crippen LogP contribution in [0.5, 0.6) is 0 Å². The van der Waals surface area contributed by atoms with E-state index in [4.69, 9.17) is 4.74 Å². The average molecular weight is 598 g/mol. The number of rotatable bonds is 17. The molecule has 3 aromatic carbocycles. The fraction of sp³-hybridized carbons (Fsp3) is 0.351. The van der Waals surface area contributed by atoms with Gasteiger partial charge in [-0.1, -0.05) is 67.9 Å². The fourth-order valence-electron chi connectivity index (χ4n) is 5.16. The van der Waals surface area contributed by atoms with Crippen LogP contribution in [0.2, 0.25) is 0 Å². The fourth-order valence-corrected chi connectivity index (χ4v) is 5.16. The van der Waals surface area contributed by atoms with Gasteiger partial charge in [0.2, 0.25) is 5.91 Å². The quantitative estimate of drug-likeness (QED) is 0.122. The SMILES string of the molecule is CCCCc1ccc(C(=O)N(CCCOCC)CC(=O)N(Cc2ccccc2)Cc2cccn2Cc2ccc(F)cc2)cc1. The van der Waals surface area contributed by atoms with Gasteiger partial charge >= 0.3 is 0 Å². The van der Waals surface area contributed by atoms with Crippen molar-refractivity contribution < 1.29 is 18.7 Å². The van der Waals surface area contributed by atoms with Crippen LogP contribution in [-0.4, -0.2) is 52.5 Å². The molecule has 6 nitrogen and oxygen atoms in total. The Hall–Kier alpha value is -4.23. The van der Waals surface area contributed by atoms with Gasteiger partial charge in [-0.25, -0.2) is 4.39 Å². The second kappa shape index (κ2) is 17.2. The summed E-state index contributed by atoms with van der Waals surface area (Å²) in [6, 6.07) is 28.1. The summed E-state index contributed by atoms with van der Waals surface area (Å²) in [6.07, 6.45) is 5.82. The van der Waals surface area contributed by atoms with E-state index in [1.165, 1.54) is 17.7 Å². The zero-order chi connectivity index (χ0) is 31.1. The molecule has 0 N–H and O–H groups in total. The number of ether oxygens (including phenoxy) is 1. The lowest BCUT2D eigenvalue weighted by atomic mass is 10.1. The zero-order valence-corrected chi connectivity index (χ0v) is 26.0. The van der Waals surface area contributed by atoms with E-state index >= 15 is 0 Å². The van der Waals surface area contributed by atoms with Crippen LogP contribution in [0.3, 0.4) is 0 Å². The number of nitrogens with zero attached hydrogens (tertiary/aromatic N) is 3. The molecule has 4 aromatic rings. The maximum absolute atomic E-state index is 14.0. The number of carbonyl (C=O) groups is 2. The molecule has 0 saturated carbocycles. The van der Waals surface area contributed by atoms with Crippen molar-refractivity contribution in [2.75, 3.05) is 26.3 Å². The third-order valence-corrected chi connectivity index (χ3v) is 7.67. The molecular formula is C37H44FN3O3. The molecule has 0 bridgehead atoms. The Kier molecular flexibility index (Phi) is 12.7. The van der Waals surface area contributed by atoms with Gasteiger partial charge in [0.25, 0.3) is 5.91 Å². The Morgan fingerprint density at radius 1 is 0.773 bits per heavy atom. The molecule has 0 spiro atoms. The molecule has 232 valence electrons. The number of hydrogen-bond acceptors (Lipinski definition) is 3. The van der Waals surface area contributed by atoms with Gasteiger partial charge in [-0.05, 0) is 79.3 Å². The zero-order valence-electron chi connectivity index (χ0n) is 26.0. The monoisotopic (exact) mass is 597 g/mol. The van der Waals surface area contributed by atoms with Crippen LogP contribution in [0.1, 0.15) is 65.9 Å². The molecule has 2 amide bonds. The van der Waals surface area contributed by atoms with E-state index in [0.717, 1.165) is 36.1 Å². The minimum Gasteiger partial charge on any atom is -0.382 e. The van der Waals surface area contributed by atoms with Crippen molar-refractivity contribution in [1.82, 2.24) is 14.4 Å². The van der Waals surface area contributed by atoms with Crippen molar-refractivity contribution in [3.8, 4) is 0 Å². The summed E-state index contributed by atoms with van der Waals surface area (Å²) in [4.78, 5) is 31.2. The van der Waals surface area contributed by atoms with Crippen molar-refractivity contribution in [3.05, 3.63) is 131 Å². The lowest BCUT2D eigenvalue weighted by molar-refractivity contribution is -0.133. The van der Waals surface area contributed by atoms with Crippen molar-refractivity contribution in [2.24, 2.45) is 0 Å². The number of benzene rings is 3. The number of hydrogen-bond donors (Lipinski definition) is 0. The first-order valence-electron chi connectivity index (χ1n) is 15.6. The van der Waals surface area contributed by atoms with Crippen LogP contribution in [0, 0.1) is 5.82 Å². The first-order valence-corrected chi connectivity index (χ1v) is 15.6. The second-order valence-electron chi connectivity index (χ2n) is 11.1. The largest absolute Gasteiger partial charge is 0.382 e. The van der Waals surface area contributed by atoms with Gasteiger partial charge in [0.15, 0.2) is 0 Å². The minimum atomic E-state index is -0.270. The number of aryl methyl sites for hydroxylation is 1. The Labute approximate surface area is 261 Å². The van der Waals surface area contributed by atoms with Crippen LogP contribution < -0.4 is 0 Å². The summed E-state index contributed by atoms with van der Waals surface area (Å²) in [7, 11) is 0. The molecule has 0 aliphatic rings. The van der Waals surface area contributed by atoms with E-state index in [0.29, 0.717) is 51.4 Å². The molecule has 7 heteroatoms. The van der Waals surface area contributed by atoms with E-state index in [1.54, 1.807) is 17.0 Å². The summed E-state index contributed by atoms with van der Waals surface area (Å²) in [5.74, 6) is -0.558. The number of unbranched alkanes of at least 4 members (excludes halogenated alkanes) is 1. The minimum absolute atomic E-state index is 0.0337. The molecule has 0 aliphatic carbocycles.